The molecule has 5 nitrogen and oxygen atoms in total. The van der Waals surface area contributed by atoms with Crippen molar-refractivity contribution >= 4 is 17.7 Å². The lowest BCUT2D eigenvalue weighted by atomic mass is 9.93. The molecular formula is C16H24N2O3. The van der Waals surface area contributed by atoms with E-state index in [1.54, 1.807) is 18.7 Å². The molecule has 0 saturated carbocycles. The Hall–Kier alpha value is -2.04. The number of urea groups is 1. The molecule has 0 heterocycles. The number of rotatable bonds is 6. The highest BCUT2D eigenvalue weighted by Crippen LogP contribution is 2.19. The first-order chi connectivity index (χ1) is 9.90. The SMILES string of the molecule is CCN(C(=O)NC(CC)(CC)C(=O)O)c1ccc(C)cc1. The number of carboxylic acid groups (broad SMARTS) is 1. The van der Waals surface area contributed by atoms with E-state index in [4.69, 9.17) is 0 Å². The van der Waals surface area contributed by atoms with E-state index in [-0.39, 0.29) is 6.03 Å². The van der Waals surface area contributed by atoms with Gasteiger partial charge < -0.3 is 10.4 Å². The molecule has 0 radical (unpaired) electrons. The van der Waals surface area contributed by atoms with Gasteiger partial charge in [0.05, 0.1) is 0 Å². The van der Waals surface area contributed by atoms with Crippen LogP contribution in [-0.4, -0.2) is 29.2 Å². The Balaban J connectivity index is 2.98. The van der Waals surface area contributed by atoms with Crippen LogP contribution in [0, 0.1) is 6.92 Å². The average molecular weight is 292 g/mol. The minimum atomic E-state index is -1.21. The fourth-order valence-corrected chi connectivity index (χ4v) is 2.22. The number of carbonyl (C=O) groups is 2. The van der Waals surface area contributed by atoms with Gasteiger partial charge in [-0.25, -0.2) is 9.59 Å². The number of amides is 2. The van der Waals surface area contributed by atoms with Crippen molar-refractivity contribution < 1.29 is 14.7 Å². The maximum absolute atomic E-state index is 12.4. The zero-order valence-electron chi connectivity index (χ0n) is 13.1. The number of aliphatic carboxylic acids is 1. The zero-order valence-corrected chi connectivity index (χ0v) is 13.1. The minimum absolute atomic E-state index is 0.343. The van der Waals surface area contributed by atoms with E-state index in [2.05, 4.69) is 5.32 Å². The van der Waals surface area contributed by atoms with Crippen molar-refractivity contribution in [1.29, 1.82) is 0 Å². The van der Waals surface area contributed by atoms with Crippen molar-refractivity contribution in [2.24, 2.45) is 0 Å². The summed E-state index contributed by atoms with van der Waals surface area (Å²) in [5.41, 5.74) is 0.652. The highest BCUT2D eigenvalue weighted by molar-refractivity contribution is 5.95. The predicted molar refractivity (Wildman–Crippen MR) is 83.7 cm³/mol. The number of hydrogen-bond donors (Lipinski definition) is 2. The summed E-state index contributed by atoms with van der Waals surface area (Å²) in [5.74, 6) is -0.999. The van der Waals surface area contributed by atoms with Crippen molar-refractivity contribution in [2.75, 3.05) is 11.4 Å². The molecule has 0 atom stereocenters. The van der Waals surface area contributed by atoms with Gasteiger partial charge >= 0.3 is 12.0 Å². The van der Waals surface area contributed by atoms with E-state index in [0.717, 1.165) is 11.3 Å². The molecule has 5 heteroatoms. The minimum Gasteiger partial charge on any atom is -0.480 e. The molecule has 1 aromatic carbocycles. The number of nitrogens with zero attached hydrogens (tertiary/aromatic N) is 1. The highest BCUT2D eigenvalue weighted by atomic mass is 16.4. The van der Waals surface area contributed by atoms with Gasteiger partial charge in [0.1, 0.15) is 5.54 Å². The number of anilines is 1. The number of benzene rings is 1. The molecule has 2 N–H and O–H groups in total. The summed E-state index contributed by atoms with van der Waals surface area (Å²) in [7, 11) is 0. The molecule has 2 amide bonds. The highest BCUT2D eigenvalue weighted by Gasteiger charge is 2.37. The summed E-state index contributed by atoms with van der Waals surface area (Å²) in [6.07, 6.45) is 0.687. The van der Waals surface area contributed by atoms with Gasteiger partial charge in [0.25, 0.3) is 0 Å². The first kappa shape index (κ1) is 17.0. The van der Waals surface area contributed by atoms with E-state index < -0.39 is 11.5 Å². The number of carboxylic acids is 1. The molecule has 0 bridgehead atoms. The topological polar surface area (TPSA) is 69.6 Å². The van der Waals surface area contributed by atoms with Crippen molar-refractivity contribution in [3.05, 3.63) is 29.8 Å². The van der Waals surface area contributed by atoms with Crippen LogP contribution in [-0.2, 0) is 4.79 Å². The fourth-order valence-electron chi connectivity index (χ4n) is 2.22. The molecule has 0 saturated heterocycles. The van der Waals surface area contributed by atoms with E-state index in [0.29, 0.717) is 19.4 Å². The fraction of sp³-hybridized carbons (Fsp3) is 0.500. The summed E-state index contributed by atoms with van der Waals surface area (Å²) in [6.45, 7) is 7.83. The van der Waals surface area contributed by atoms with Crippen LogP contribution in [0.5, 0.6) is 0 Å². The lowest BCUT2D eigenvalue weighted by molar-refractivity contribution is -0.144. The van der Waals surface area contributed by atoms with Crippen molar-refractivity contribution in [3.8, 4) is 0 Å². The average Bonchev–Trinajstić information content (AvgIpc) is 2.47. The van der Waals surface area contributed by atoms with Gasteiger partial charge in [0, 0.05) is 12.2 Å². The first-order valence-electron chi connectivity index (χ1n) is 7.30. The molecule has 0 unspecified atom stereocenters. The maximum Gasteiger partial charge on any atom is 0.329 e. The third-order valence-electron chi connectivity index (χ3n) is 3.87. The van der Waals surface area contributed by atoms with Crippen LogP contribution in [0.15, 0.2) is 24.3 Å². The van der Waals surface area contributed by atoms with E-state index >= 15 is 0 Å². The zero-order chi connectivity index (χ0) is 16.0. The number of carbonyl (C=O) groups excluding carboxylic acids is 1. The van der Waals surface area contributed by atoms with Gasteiger partial charge in [-0.1, -0.05) is 31.5 Å². The van der Waals surface area contributed by atoms with Crippen LogP contribution in [0.1, 0.15) is 39.2 Å². The Morgan fingerprint density at radius 1 is 1.14 bits per heavy atom. The quantitative estimate of drug-likeness (QED) is 0.846. The maximum atomic E-state index is 12.4. The third-order valence-corrected chi connectivity index (χ3v) is 3.87. The lowest BCUT2D eigenvalue weighted by Gasteiger charge is -2.31. The molecule has 1 aromatic rings. The molecule has 1 rings (SSSR count). The van der Waals surface area contributed by atoms with Crippen molar-refractivity contribution in [3.63, 3.8) is 0 Å². The number of hydrogen-bond acceptors (Lipinski definition) is 2. The molecule has 0 aliphatic heterocycles. The van der Waals surface area contributed by atoms with Crippen molar-refractivity contribution in [2.45, 2.75) is 46.1 Å². The number of nitrogens with one attached hydrogen (secondary N) is 1. The standard InChI is InChI=1S/C16H24N2O3/c1-5-16(6-2,14(19)20)17-15(21)18(7-3)13-10-8-12(4)9-11-13/h8-11H,5-7H2,1-4H3,(H,17,21)(H,19,20). The number of aryl methyl sites for hydroxylation is 1. The summed E-state index contributed by atoms with van der Waals surface area (Å²) in [4.78, 5) is 25.5. The normalized spacial score (nSPS) is 11.0. The van der Waals surface area contributed by atoms with Crippen LogP contribution >= 0.6 is 0 Å². The summed E-state index contributed by atoms with van der Waals surface area (Å²) in [5, 5.41) is 12.1. The van der Waals surface area contributed by atoms with Gasteiger partial charge in [-0.05, 0) is 38.8 Å². The second kappa shape index (κ2) is 7.11. The summed E-state index contributed by atoms with van der Waals surface area (Å²) in [6, 6.07) is 7.19. The monoisotopic (exact) mass is 292 g/mol. The Labute approximate surface area is 126 Å². The molecule has 0 spiro atoms. The third kappa shape index (κ3) is 3.74. The van der Waals surface area contributed by atoms with Gasteiger partial charge in [0.2, 0.25) is 0 Å². The van der Waals surface area contributed by atoms with Gasteiger partial charge in [-0.2, -0.15) is 0 Å². The Kier molecular flexibility index (Phi) is 5.76. The molecule has 21 heavy (non-hydrogen) atoms. The largest absolute Gasteiger partial charge is 0.480 e. The predicted octanol–water partition coefficient (Wildman–Crippen LogP) is 3.17. The van der Waals surface area contributed by atoms with Crippen LogP contribution < -0.4 is 10.2 Å². The van der Waals surface area contributed by atoms with Crippen LogP contribution in [0.25, 0.3) is 0 Å². The molecule has 0 aliphatic carbocycles. The molecular weight excluding hydrogens is 268 g/mol. The lowest BCUT2D eigenvalue weighted by Crippen LogP contribution is -2.57. The first-order valence-corrected chi connectivity index (χ1v) is 7.30. The summed E-state index contributed by atoms with van der Waals surface area (Å²) < 4.78 is 0. The Bertz CT molecular complexity index is 493. The van der Waals surface area contributed by atoms with Crippen molar-refractivity contribution in [1.82, 2.24) is 5.32 Å². The second-order valence-corrected chi connectivity index (χ2v) is 5.10. The Morgan fingerprint density at radius 2 is 1.67 bits per heavy atom. The van der Waals surface area contributed by atoms with E-state index in [1.807, 2.05) is 38.1 Å². The molecule has 116 valence electrons. The molecule has 0 aliphatic rings. The van der Waals surface area contributed by atoms with Gasteiger partial charge in [-0.3, -0.25) is 4.90 Å². The molecule has 0 fully saturated rings. The van der Waals surface area contributed by atoms with Gasteiger partial charge in [-0.15, -0.1) is 0 Å². The Morgan fingerprint density at radius 3 is 2.05 bits per heavy atom. The molecule has 0 aromatic heterocycles. The van der Waals surface area contributed by atoms with Crippen LogP contribution in [0.4, 0.5) is 10.5 Å². The summed E-state index contributed by atoms with van der Waals surface area (Å²) >= 11 is 0. The smallest absolute Gasteiger partial charge is 0.329 e. The van der Waals surface area contributed by atoms with Crippen LogP contribution in [0.3, 0.4) is 0 Å². The van der Waals surface area contributed by atoms with Crippen LogP contribution in [0.2, 0.25) is 0 Å². The van der Waals surface area contributed by atoms with Gasteiger partial charge in [0.15, 0.2) is 0 Å². The second-order valence-electron chi connectivity index (χ2n) is 5.10. The van der Waals surface area contributed by atoms with E-state index in [9.17, 15) is 14.7 Å². The van der Waals surface area contributed by atoms with E-state index in [1.165, 1.54) is 0 Å².